The molecule has 2 heterocycles. The zero-order chi connectivity index (χ0) is 13.5. The molecule has 1 aliphatic rings. The number of rotatable bonds is 3. The third-order valence-electron chi connectivity index (χ3n) is 4.72. The molecular formula is C16H23N3. The normalized spacial score (nSPS) is 23.6. The van der Waals surface area contributed by atoms with E-state index < -0.39 is 0 Å². The summed E-state index contributed by atoms with van der Waals surface area (Å²) in [4.78, 5) is 8.45. The molecule has 1 unspecified atom stereocenters. The first-order valence-electron chi connectivity index (χ1n) is 7.35. The maximum Gasteiger partial charge on any atom is 0.115 e. The third kappa shape index (κ3) is 1.96. The minimum atomic E-state index is 0.172. The van der Waals surface area contributed by atoms with Crippen molar-refractivity contribution < 1.29 is 0 Å². The Labute approximate surface area is 114 Å². The van der Waals surface area contributed by atoms with Crippen LogP contribution in [0.2, 0.25) is 0 Å². The number of aromatic nitrogens is 2. The number of imidazole rings is 1. The van der Waals surface area contributed by atoms with Gasteiger partial charge >= 0.3 is 0 Å². The first kappa shape index (κ1) is 12.7. The van der Waals surface area contributed by atoms with Crippen molar-refractivity contribution in [3.63, 3.8) is 0 Å². The zero-order valence-electron chi connectivity index (χ0n) is 12.1. The summed E-state index contributed by atoms with van der Waals surface area (Å²) in [6, 6.07) is 6.56. The van der Waals surface area contributed by atoms with Gasteiger partial charge in [0.1, 0.15) is 5.82 Å². The molecule has 2 N–H and O–H groups in total. The Bertz CT molecular complexity index is 577. The van der Waals surface area contributed by atoms with Gasteiger partial charge in [-0.05, 0) is 43.0 Å². The average Bonchev–Trinajstić information content (AvgIpc) is 3.04. The molecule has 3 rings (SSSR count). The van der Waals surface area contributed by atoms with Gasteiger partial charge in [-0.2, -0.15) is 0 Å². The Kier molecular flexibility index (Phi) is 3.09. The molecule has 0 saturated carbocycles. The Morgan fingerprint density at radius 3 is 2.84 bits per heavy atom. The molecule has 0 radical (unpaired) electrons. The molecule has 0 aliphatic carbocycles. The molecule has 1 atom stereocenters. The van der Waals surface area contributed by atoms with Crippen molar-refractivity contribution >= 4 is 11.0 Å². The molecular weight excluding hydrogens is 234 g/mol. The summed E-state index contributed by atoms with van der Waals surface area (Å²) in [6.07, 6.45) is 2.24. The van der Waals surface area contributed by atoms with Crippen molar-refractivity contribution in [2.24, 2.45) is 5.92 Å². The molecule has 1 aliphatic heterocycles. The minimum absolute atomic E-state index is 0.172. The number of hydrogen-bond donors (Lipinski definition) is 2. The van der Waals surface area contributed by atoms with E-state index in [1.807, 2.05) is 0 Å². The Morgan fingerprint density at radius 1 is 1.37 bits per heavy atom. The van der Waals surface area contributed by atoms with Crippen LogP contribution < -0.4 is 5.32 Å². The lowest BCUT2D eigenvalue weighted by Gasteiger charge is -2.30. The first-order chi connectivity index (χ1) is 9.15. The number of H-pyrrole nitrogens is 1. The topological polar surface area (TPSA) is 40.7 Å². The van der Waals surface area contributed by atoms with E-state index >= 15 is 0 Å². The van der Waals surface area contributed by atoms with Crippen LogP contribution in [0.25, 0.3) is 11.0 Å². The first-order valence-corrected chi connectivity index (χ1v) is 7.35. The van der Waals surface area contributed by atoms with Crippen LogP contribution in [0.5, 0.6) is 0 Å². The van der Waals surface area contributed by atoms with Crippen molar-refractivity contribution in [2.45, 2.75) is 39.0 Å². The molecule has 3 heteroatoms. The molecule has 1 aromatic heterocycles. The monoisotopic (exact) mass is 257 g/mol. The van der Waals surface area contributed by atoms with Gasteiger partial charge in [0.2, 0.25) is 0 Å². The molecule has 1 aromatic carbocycles. The number of aryl methyl sites for hydroxylation is 1. The van der Waals surface area contributed by atoms with Gasteiger partial charge in [-0.15, -0.1) is 0 Å². The second kappa shape index (κ2) is 4.64. The van der Waals surface area contributed by atoms with Gasteiger partial charge < -0.3 is 10.3 Å². The molecule has 0 spiro atoms. The highest BCUT2D eigenvalue weighted by molar-refractivity contribution is 5.76. The molecule has 1 saturated heterocycles. The van der Waals surface area contributed by atoms with Crippen LogP contribution in [0.4, 0.5) is 0 Å². The predicted molar refractivity (Wildman–Crippen MR) is 79.5 cm³/mol. The molecule has 1 fully saturated rings. The second-order valence-electron chi connectivity index (χ2n) is 6.03. The standard InChI is InChI=1S/C16H23N3/c1-4-12-5-6-13-14(9-12)19-15(18-13)16(11(2)3)7-8-17-10-16/h5-6,9,11,17H,4,7-8,10H2,1-3H3,(H,18,19). The fourth-order valence-corrected chi connectivity index (χ4v) is 3.19. The minimum Gasteiger partial charge on any atom is -0.341 e. The van der Waals surface area contributed by atoms with Crippen LogP contribution in [-0.4, -0.2) is 23.1 Å². The van der Waals surface area contributed by atoms with Gasteiger partial charge in [0, 0.05) is 12.0 Å². The predicted octanol–water partition coefficient (Wildman–Crippen LogP) is 3.01. The lowest BCUT2D eigenvalue weighted by atomic mass is 9.76. The largest absolute Gasteiger partial charge is 0.341 e. The molecule has 19 heavy (non-hydrogen) atoms. The highest BCUT2D eigenvalue weighted by atomic mass is 15.0. The van der Waals surface area contributed by atoms with Gasteiger partial charge in [0.15, 0.2) is 0 Å². The maximum atomic E-state index is 4.87. The summed E-state index contributed by atoms with van der Waals surface area (Å²) in [5.74, 6) is 1.75. The molecule has 0 amide bonds. The van der Waals surface area contributed by atoms with E-state index in [2.05, 4.69) is 49.3 Å². The van der Waals surface area contributed by atoms with Crippen LogP contribution in [0.3, 0.4) is 0 Å². The Balaban J connectivity index is 2.09. The average molecular weight is 257 g/mol. The summed E-state index contributed by atoms with van der Waals surface area (Å²) in [5, 5.41) is 3.50. The zero-order valence-corrected chi connectivity index (χ0v) is 12.1. The fourth-order valence-electron chi connectivity index (χ4n) is 3.19. The Hall–Kier alpha value is -1.35. The quantitative estimate of drug-likeness (QED) is 0.887. The SMILES string of the molecule is CCc1ccc2nc(C3(C(C)C)CCNC3)[nH]c2c1. The molecule has 102 valence electrons. The lowest BCUT2D eigenvalue weighted by molar-refractivity contribution is 0.321. The van der Waals surface area contributed by atoms with E-state index in [0.717, 1.165) is 30.9 Å². The summed E-state index contributed by atoms with van der Waals surface area (Å²) in [5.41, 5.74) is 3.82. The van der Waals surface area contributed by atoms with Crippen molar-refractivity contribution in [3.8, 4) is 0 Å². The van der Waals surface area contributed by atoms with Crippen LogP contribution in [-0.2, 0) is 11.8 Å². The van der Waals surface area contributed by atoms with Gasteiger partial charge in [0.05, 0.1) is 11.0 Å². The van der Waals surface area contributed by atoms with E-state index in [1.54, 1.807) is 0 Å². The van der Waals surface area contributed by atoms with E-state index in [9.17, 15) is 0 Å². The summed E-state index contributed by atoms with van der Waals surface area (Å²) >= 11 is 0. The highest BCUT2D eigenvalue weighted by Crippen LogP contribution is 2.37. The summed E-state index contributed by atoms with van der Waals surface area (Å²) in [6.45, 7) is 8.92. The van der Waals surface area contributed by atoms with E-state index in [-0.39, 0.29) is 5.41 Å². The van der Waals surface area contributed by atoms with Crippen molar-refractivity contribution in [1.82, 2.24) is 15.3 Å². The summed E-state index contributed by atoms with van der Waals surface area (Å²) < 4.78 is 0. The van der Waals surface area contributed by atoms with Crippen LogP contribution in [0.15, 0.2) is 18.2 Å². The molecule has 0 bridgehead atoms. The molecule has 2 aromatic rings. The number of fused-ring (bicyclic) bond motifs is 1. The second-order valence-corrected chi connectivity index (χ2v) is 6.03. The third-order valence-corrected chi connectivity index (χ3v) is 4.72. The number of hydrogen-bond acceptors (Lipinski definition) is 2. The van der Waals surface area contributed by atoms with Crippen molar-refractivity contribution in [1.29, 1.82) is 0 Å². The van der Waals surface area contributed by atoms with Gasteiger partial charge in [0.25, 0.3) is 0 Å². The van der Waals surface area contributed by atoms with E-state index in [0.29, 0.717) is 5.92 Å². The summed E-state index contributed by atoms with van der Waals surface area (Å²) in [7, 11) is 0. The van der Waals surface area contributed by atoms with E-state index in [1.165, 1.54) is 17.5 Å². The number of nitrogens with zero attached hydrogens (tertiary/aromatic N) is 1. The maximum absolute atomic E-state index is 4.87. The Morgan fingerprint density at radius 2 is 2.21 bits per heavy atom. The van der Waals surface area contributed by atoms with Crippen molar-refractivity contribution in [3.05, 3.63) is 29.6 Å². The number of benzene rings is 1. The smallest absolute Gasteiger partial charge is 0.115 e. The molecule has 3 nitrogen and oxygen atoms in total. The van der Waals surface area contributed by atoms with Gasteiger partial charge in [-0.25, -0.2) is 4.98 Å². The van der Waals surface area contributed by atoms with Crippen LogP contribution in [0, 0.1) is 5.92 Å². The van der Waals surface area contributed by atoms with Gasteiger partial charge in [-0.1, -0.05) is 26.8 Å². The van der Waals surface area contributed by atoms with E-state index in [4.69, 9.17) is 4.98 Å². The number of nitrogens with one attached hydrogen (secondary N) is 2. The lowest BCUT2D eigenvalue weighted by Crippen LogP contribution is -2.35. The van der Waals surface area contributed by atoms with Crippen molar-refractivity contribution in [2.75, 3.05) is 13.1 Å². The van der Waals surface area contributed by atoms with Gasteiger partial charge in [-0.3, -0.25) is 0 Å². The van der Waals surface area contributed by atoms with Crippen LogP contribution in [0.1, 0.15) is 38.6 Å². The van der Waals surface area contributed by atoms with Crippen LogP contribution >= 0.6 is 0 Å². The fraction of sp³-hybridized carbons (Fsp3) is 0.562. The highest BCUT2D eigenvalue weighted by Gasteiger charge is 2.41. The number of aromatic amines is 1.